The molecule has 0 saturated carbocycles. The summed E-state index contributed by atoms with van der Waals surface area (Å²) in [6.07, 6.45) is 2.73. The third-order valence-electron chi connectivity index (χ3n) is 4.03. The highest BCUT2D eigenvalue weighted by Crippen LogP contribution is 2.30. The summed E-state index contributed by atoms with van der Waals surface area (Å²) in [7, 11) is 0. The molecule has 0 unspecified atom stereocenters. The number of carbonyl (C=O) groups excluding carboxylic acids is 1. The van der Waals surface area contributed by atoms with Crippen LogP contribution in [0.25, 0.3) is 11.1 Å². The van der Waals surface area contributed by atoms with E-state index < -0.39 is 10.9 Å². The first-order valence-corrected chi connectivity index (χ1v) is 8.91. The van der Waals surface area contributed by atoms with Gasteiger partial charge in [0.2, 0.25) is 12.4 Å². The molecule has 0 aliphatic carbocycles. The second-order valence-electron chi connectivity index (χ2n) is 6.62. The van der Waals surface area contributed by atoms with Crippen LogP contribution in [0.2, 0.25) is 0 Å². The number of aromatic nitrogens is 1. The molecule has 2 N–H and O–H groups in total. The molecular formula is C21H20N3O5+. The van der Waals surface area contributed by atoms with Gasteiger partial charge in [0.25, 0.3) is 5.69 Å². The smallest absolute Gasteiger partial charge is 0.338 e. The molecule has 148 valence electrons. The highest BCUT2D eigenvalue weighted by molar-refractivity contribution is 5.92. The van der Waals surface area contributed by atoms with Gasteiger partial charge < -0.3 is 10.1 Å². The lowest BCUT2D eigenvalue weighted by Gasteiger charge is -2.11. The molecular weight excluding hydrogens is 374 g/mol. The SMILES string of the molecule is CC(C)OC(=O)c1ccc(Nc2cccc(-c3ccc[n+](O)c3)c2)c([N+](=O)[O-])c1. The highest BCUT2D eigenvalue weighted by Gasteiger charge is 2.19. The van der Waals surface area contributed by atoms with E-state index in [1.807, 2.05) is 12.1 Å². The molecule has 2 aromatic carbocycles. The fourth-order valence-electron chi connectivity index (χ4n) is 2.76. The fourth-order valence-corrected chi connectivity index (χ4v) is 2.76. The van der Waals surface area contributed by atoms with Gasteiger partial charge >= 0.3 is 5.97 Å². The topological polar surface area (TPSA) is 106 Å². The van der Waals surface area contributed by atoms with Gasteiger partial charge in [-0.05, 0) is 49.7 Å². The van der Waals surface area contributed by atoms with Crippen molar-refractivity contribution in [1.82, 2.24) is 0 Å². The Labute approximate surface area is 167 Å². The van der Waals surface area contributed by atoms with Crippen molar-refractivity contribution in [2.45, 2.75) is 20.0 Å². The number of hydrogen-bond acceptors (Lipinski definition) is 6. The number of rotatable bonds is 6. The summed E-state index contributed by atoms with van der Waals surface area (Å²) < 4.78 is 6.05. The van der Waals surface area contributed by atoms with Crippen molar-refractivity contribution in [2.24, 2.45) is 0 Å². The molecule has 8 nitrogen and oxygen atoms in total. The minimum atomic E-state index is -0.613. The Bertz CT molecular complexity index is 1070. The monoisotopic (exact) mass is 394 g/mol. The van der Waals surface area contributed by atoms with Crippen molar-refractivity contribution >= 4 is 23.0 Å². The minimum absolute atomic E-state index is 0.112. The Morgan fingerprint density at radius 1 is 1.14 bits per heavy atom. The van der Waals surface area contributed by atoms with Gasteiger partial charge in [-0.15, -0.1) is 0 Å². The van der Waals surface area contributed by atoms with E-state index in [-0.39, 0.29) is 23.0 Å². The molecule has 29 heavy (non-hydrogen) atoms. The maximum atomic E-state index is 12.0. The van der Waals surface area contributed by atoms with Crippen LogP contribution in [0, 0.1) is 10.1 Å². The van der Waals surface area contributed by atoms with E-state index in [1.54, 1.807) is 44.3 Å². The molecule has 0 aliphatic rings. The standard InChI is InChI=1S/C21H19N3O5/c1-14(2)29-21(25)16-8-9-19(20(12-16)24(27)28)22-18-7-3-5-15(11-18)17-6-4-10-23(26)13-17/h3-14H,1-2H3,(H-,22,25,26)/p+1. The van der Waals surface area contributed by atoms with Crippen LogP contribution in [0.4, 0.5) is 17.1 Å². The van der Waals surface area contributed by atoms with Crippen LogP contribution in [0.1, 0.15) is 24.2 Å². The van der Waals surface area contributed by atoms with Gasteiger partial charge in [0.1, 0.15) is 5.69 Å². The van der Waals surface area contributed by atoms with Gasteiger partial charge in [0, 0.05) is 22.6 Å². The number of nitrogens with zero attached hydrogens (tertiary/aromatic N) is 2. The van der Waals surface area contributed by atoms with Gasteiger partial charge in [-0.3, -0.25) is 15.3 Å². The third-order valence-corrected chi connectivity index (χ3v) is 4.03. The number of nitrogens with one attached hydrogen (secondary N) is 1. The number of hydrogen-bond donors (Lipinski definition) is 2. The number of pyridine rings is 1. The first-order chi connectivity index (χ1) is 13.8. The van der Waals surface area contributed by atoms with Gasteiger partial charge in [-0.2, -0.15) is 0 Å². The maximum Gasteiger partial charge on any atom is 0.338 e. The first-order valence-electron chi connectivity index (χ1n) is 8.91. The Balaban J connectivity index is 1.91. The first kappa shape index (κ1) is 19.8. The van der Waals surface area contributed by atoms with Crippen molar-refractivity contribution in [2.75, 3.05) is 5.32 Å². The van der Waals surface area contributed by atoms with Crippen LogP contribution < -0.4 is 10.0 Å². The molecule has 1 aromatic heterocycles. The molecule has 0 bridgehead atoms. The second kappa shape index (κ2) is 8.39. The van der Waals surface area contributed by atoms with Gasteiger partial charge in [0.15, 0.2) is 0 Å². The summed E-state index contributed by atoms with van der Waals surface area (Å²) >= 11 is 0. The molecule has 0 spiro atoms. The van der Waals surface area contributed by atoms with E-state index in [2.05, 4.69) is 5.32 Å². The number of nitro benzene ring substituents is 1. The molecule has 0 radical (unpaired) electrons. The highest BCUT2D eigenvalue weighted by atomic mass is 16.6. The summed E-state index contributed by atoms with van der Waals surface area (Å²) in [5, 5.41) is 24.1. The Hall–Kier alpha value is -3.94. The van der Waals surface area contributed by atoms with Crippen LogP contribution in [-0.2, 0) is 4.74 Å². The summed E-state index contributed by atoms with van der Waals surface area (Å²) in [5.74, 6) is -0.613. The number of esters is 1. The van der Waals surface area contributed by atoms with Gasteiger partial charge in [-0.25, -0.2) is 4.79 Å². The fraction of sp³-hybridized carbons (Fsp3) is 0.143. The van der Waals surface area contributed by atoms with E-state index in [0.29, 0.717) is 5.69 Å². The van der Waals surface area contributed by atoms with Gasteiger partial charge in [0.05, 0.1) is 22.2 Å². The maximum absolute atomic E-state index is 12.0. The van der Waals surface area contributed by atoms with Crippen LogP contribution >= 0.6 is 0 Å². The summed E-state index contributed by atoms with van der Waals surface area (Å²) in [6.45, 7) is 3.42. The van der Waals surface area contributed by atoms with Crippen LogP contribution in [0.5, 0.6) is 0 Å². The van der Waals surface area contributed by atoms with Crippen molar-refractivity contribution in [3.8, 4) is 11.1 Å². The van der Waals surface area contributed by atoms with Crippen molar-refractivity contribution < 1.29 is 24.4 Å². The van der Waals surface area contributed by atoms with Crippen LogP contribution in [0.3, 0.4) is 0 Å². The van der Waals surface area contributed by atoms with E-state index in [0.717, 1.165) is 15.9 Å². The van der Waals surface area contributed by atoms with Crippen LogP contribution in [-0.4, -0.2) is 22.2 Å². The van der Waals surface area contributed by atoms with Crippen molar-refractivity contribution in [3.05, 3.63) is 82.7 Å². The molecule has 0 saturated heterocycles. The zero-order valence-corrected chi connectivity index (χ0v) is 15.9. The quantitative estimate of drug-likeness (QED) is 0.214. The molecule has 8 heteroatoms. The third kappa shape index (κ3) is 4.86. The Morgan fingerprint density at radius 2 is 1.90 bits per heavy atom. The van der Waals surface area contributed by atoms with Gasteiger partial charge in [-0.1, -0.05) is 12.1 Å². The number of nitro groups is 1. The Kier molecular flexibility index (Phi) is 5.73. The molecule has 0 fully saturated rings. The van der Waals surface area contributed by atoms with Crippen LogP contribution in [0.15, 0.2) is 67.0 Å². The van der Waals surface area contributed by atoms with Crippen molar-refractivity contribution in [3.63, 3.8) is 0 Å². The summed E-state index contributed by atoms with van der Waals surface area (Å²) in [4.78, 5) is 23.0. The predicted molar refractivity (Wildman–Crippen MR) is 106 cm³/mol. The second-order valence-corrected chi connectivity index (χ2v) is 6.62. The minimum Gasteiger partial charge on any atom is -0.459 e. The lowest BCUT2D eigenvalue weighted by Crippen LogP contribution is -2.28. The predicted octanol–water partition coefficient (Wildman–Crippen LogP) is 4.10. The average molecular weight is 394 g/mol. The molecule has 0 atom stereocenters. The zero-order valence-electron chi connectivity index (χ0n) is 15.9. The summed E-state index contributed by atoms with van der Waals surface area (Å²) in [5.41, 5.74) is 2.34. The number of ether oxygens (including phenoxy) is 1. The summed E-state index contributed by atoms with van der Waals surface area (Å²) in [6, 6.07) is 14.9. The van der Waals surface area contributed by atoms with E-state index >= 15 is 0 Å². The lowest BCUT2D eigenvalue weighted by molar-refractivity contribution is -0.904. The number of carbonyl (C=O) groups is 1. The van der Waals surface area contributed by atoms with E-state index in [4.69, 9.17) is 4.74 Å². The number of anilines is 2. The zero-order chi connectivity index (χ0) is 21.0. The lowest BCUT2D eigenvalue weighted by atomic mass is 10.1. The van der Waals surface area contributed by atoms with Crippen molar-refractivity contribution in [1.29, 1.82) is 0 Å². The normalized spacial score (nSPS) is 10.6. The molecule has 3 aromatic rings. The number of benzene rings is 2. The molecule has 3 rings (SSSR count). The largest absolute Gasteiger partial charge is 0.459 e. The molecule has 0 amide bonds. The van der Waals surface area contributed by atoms with E-state index in [1.165, 1.54) is 24.4 Å². The molecule has 0 aliphatic heterocycles. The molecule has 1 heterocycles. The van der Waals surface area contributed by atoms with E-state index in [9.17, 15) is 20.1 Å². The Morgan fingerprint density at radius 3 is 2.59 bits per heavy atom. The average Bonchev–Trinajstić information content (AvgIpc) is 2.68.